The highest BCUT2D eigenvalue weighted by Crippen LogP contribution is 2.44. The molecule has 2 heterocycles. The van der Waals surface area contributed by atoms with Crippen molar-refractivity contribution in [2.24, 2.45) is 5.92 Å². The van der Waals surface area contributed by atoms with Crippen LogP contribution in [0.25, 0.3) is 0 Å². The van der Waals surface area contributed by atoms with E-state index in [9.17, 15) is 4.79 Å². The molecule has 0 aromatic heterocycles. The maximum Gasteiger partial charge on any atom is 0.323 e. The van der Waals surface area contributed by atoms with Crippen molar-refractivity contribution < 1.29 is 9.53 Å². The van der Waals surface area contributed by atoms with Crippen molar-refractivity contribution in [3.05, 3.63) is 35.9 Å². The first-order chi connectivity index (χ1) is 10.2. The van der Waals surface area contributed by atoms with Crippen molar-refractivity contribution in [2.75, 3.05) is 6.61 Å². The molecule has 1 aromatic rings. The van der Waals surface area contributed by atoms with Gasteiger partial charge in [-0.15, -0.1) is 0 Å². The van der Waals surface area contributed by atoms with Gasteiger partial charge in [-0.2, -0.15) is 0 Å². The van der Waals surface area contributed by atoms with Gasteiger partial charge in [0.05, 0.1) is 6.61 Å². The van der Waals surface area contributed by atoms with Crippen LogP contribution < -0.4 is 0 Å². The van der Waals surface area contributed by atoms with Gasteiger partial charge in [0, 0.05) is 12.1 Å². The average molecular weight is 287 g/mol. The van der Waals surface area contributed by atoms with Gasteiger partial charge in [0.2, 0.25) is 0 Å². The highest BCUT2D eigenvalue weighted by Gasteiger charge is 2.47. The van der Waals surface area contributed by atoms with E-state index < -0.39 is 0 Å². The molecule has 3 nitrogen and oxygen atoms in total. The molecule has 114 valence electrons. The number of fused-ring (bicyclic) bond motifs is 3. The molecule has 0 amide bonds. The van der Waals surface area contributed by atoms with E-state index >= 15 is 0 Å². The van der Waals surface area contributed by atoms with Gasteiger partial charge in [-0.05, 0) is 51.0 Å². The smallest absolute Gasteiger partial charge is 0.323 e. The molecule has 3 aliphatic rings. The Morgan fingerprint density at radius 1 is 1.24 bits per heavy atom. The SMILES string of the molecule is CCOC(=O)[C@@H]1C2CCC(CC2)N1[C@H](C)c1ccccc1. The maximum atomic E-state index is 12.5. The summed E-state index contributed by atoms with van der Waals surface area (Å²) in [5, 5.41) is 0. The van der Waals surface area contributed by atoms with Crippen molar-refractivity contribution >= 4 is 5.97 Å². The Morgan fingerprint density at radius 2 is 1.90 bits per heavy atom. The van der Waals surface area contributed by atoms with Crippen LogP contribution in [0.3, 0.4) is 0 Å². The summed E-state index contributed by atoms with van der Waals surface area (Å²) in [6.07, 6.45) is 4.79. The molecule has 2 atom stereocenters. The standard InChI is InChI=1S/C18H25NO2/c1-3-21-18(20)17-15-9-11-16(12-10-15)19(17)13(2)14-7-5-4-6-8-14/h4-8,13,15-17H,3,9-12H2,1-2H3/t13-,15?,16?,17+/m1/s1. The number of nitrogens with zero attached hydrogens (tertiary/aromatic N) is 1. The van der Waals surface area contributed by atoms with Crippen LogP contribution >= 0.6 is 0 Å². The monoisotopic (exact) mass is 287 g/mol. The zero-order chi connectivity index (χ0) is 14.8. The second kappa shape index (κ2) is 6.18. The first-order valence-corrected chi connectivity index (χ1v) is 8.21. The maximum absolute atomic E-state index is 12.5. The second-order valence-corrected chi connectivity index (χ2v) is 6.30. The molecule has 3 heteroatoms. The first-order valence-electron chi connectivity index (χ1n) is 8.21. The minimum atomic E-state index is -0.0485. The lowest BCUT2D eigenvalue weighted by Gasteiger charge is -2.52. The van der Waals surface area contributed by atoms with E-state index in [0.717, 1.165) is 0 Å². The fraction of sp³-hybridized carbons (Fsp3) is 0.611. The number of hydrogen-bond acceptors (Lipinski definition) is 3. The molecule has 3 fully saturated rings. The van der Waals surface area contributed by atoms with Gasteiger partial charge in [-0.1, -0.05) is 30.3 Å². The molecule has 1 aromatic carbocycles. The summed E-state index contributed by atoms with van der Waals surface area (Å²) in [6.45, 7) is 4.59. The normalized spacial score (nSPS) is 30.1. The molecular formula is C18H25NO2. The van der Waals surface area contributed by atoms with Crippen molar-refractivity contribution in [3.63, 3.8) is 0 Å². The fourth-order valence-corrected chi connectivity index (χ4v) is 4.19. The molecule has 2 saturated heterocycles. The zero-order valence-corrected chi connectivity index (χ0v) is 13.0. The lowest BCUT2D eigenvalue weighted by Crippen LogP contribution is -2.59. The van der Waals surface area contributed by atoms with Crippen molar-refractivity contribution in [1.82, 2.24) is 4.90 Å². The largest absolute Gasteiger partial charge is 0.465 e. The third kappa shape index (κ3) is 2.71. The van der Waals surface area contributed by atoms with Gasteiger partial charge < -0.3 is 4.74 Å². The molecule has 21 heavy (non-hydrogen) atoms. The molecule has 4 rings (SSSR count). The summed E-state index contributed by atoms with van der Waals surface area (Å²) in [5.41, 5.74) is 1.29. The number of hydrogen-bond donors (Lipinski definition) is 0. The molecule has 1 aliphatic carbocycles. The van der Waals surface area contributed by atoms with Crippen molar-refractivity contribution in [2.45, 2.75) is 57.7 Å². The van der Waals surface area contributed by atoms with Crippen molar-refractivity contribution in [3.8, 4) is 0 Å². The molecule has 0 unspecified atom stereocenters. The fourth-order valence-electron chi connectivity index (χ4n) is 4.19. The summed E-state index contributed by atoms with van der Waals surface area (Å²) in [5.74, 6) is 0.454. The predicted octanol–water partition coefficient (Wildman–Crippen LogP) is 3.55. The summed E-state index contributed by atoms with van der Waals surface area (Å²) < 4.78 is 5.37. The van der Waals surface area contributed by atoms with E-state index in [1.165, 1.54) is 31.2 Å². The van der Waals surface area contributed by atoms with Crippen LogP contribution in [0.15, 0.2) is 30.3 Å². The molecule has 0 N–H and O–H groups in total. The van der Waals surface area contributed by atoms with Gasteiger partial charge in [-0.3, -0.25) is 9.69 Å². The summed E-state index contributed by atoms with van der Waals surface area (Å²) >= 11 is 0. The number of benzene rings is 1. The quantitative estimate of drug-likeness (QED) is 0.793. The Hall–Kier alpha value is -1.35. The molecule has 2 bridgehead atoms. The van der Waals surface area contributed by atoms with Crippen LogP contribution in [0, 0.1) is 5.92 Å². The lowest BCUT2D eigenvalue weighted by molar-refractivity contribution is -0.161. The van der Waals surface area contributed by atoms with E-state index in [0.29, 0.717) is 18.6 Å². The molecule has 1 saturated carbocycles. The first kappa shape index (κ1) is 14.6. The highest BCUT2D eigenvalue weighted by molar-refractivity contribution is 5.76. The van der Waals surface area contributed by atoms with Crippen LogP contribution in [-0.2, 0) is 9.53 Å². The molecular weight excluding hydrogens is 262 g/mol. The number of ether oxygens (including phenoxy) is 1. The van der Waals surface area contributed by atoms with Gasteiger partial charge >= 0.3 is 5.97 Å². The van der Waals surface area contributed by atoms with Crippen molar-refractivity contribution in [1.29, 1.82) is 0 Å². The Kier molecular flexibility index (Phi) is 4.29. The van der Waals surface area contributed by atoms with Gasteiger partial charge in [0.1, 0.15) is 6.04 Å². The Morgan fingerprint density at radius 3 is 2.52 bits per heavy atom. The Labute approximate surface area is 127 Å². The van der Waals surface area contributed by atoms with Gasteiger partial charge in [0.25, 0.3) is 0 Å². The molecule has 0 spiro atoms. The highest BCUT2D eigenvalue weighted by atomic mass is 16.5. The van der Waals surface area contributed by atoms with Crippen LogP contribution in [-0.4, -0.2) is 29.6 Å². The second-order valence-electron chi connectivity index (χ2n) is 6.30. The van der Waals surface area contributed by atoms with E-state index in [1.807, 2.05) is 13.0 Å². The number of carbonyl (C=O) groups is 1. The number of piperidine rings is 2. The summed E-state index contributed by atoms with van der Waals surface area (Å²) in [6, 6.07) is 11.3. The third-order valence-corrected chi connectivity index (χ3v) is 5.19. The van der Waals surface area contributed by atoms with E-state index in [-0.39, 0.29) is 18.1 Å². The van der Waals surface area contributed by atoms with Crippen LogP contribution in [0.4, 0.5) is 0 Å². The Bertz CT molecular complexity index is 479. The number of carbonyl (C=O) groups excluding carboxylic acids is 1. The number of esters is 1. The lowest BCUT2D eigenvalue weighted by atomic mass is 9.73. The van der Waals surface area contributed by atoms with Gasteiger partial charge in [-0.25, -0.2) is 0 Å². The summed E-state index contributed by atoms with van der Waals surface area (Å²) in [7, 11) is 0. The van der Waals surface area contributed by atoms with E-state index in [2.05, 4.69) is 36.1 Å². The average Bonchev–Trinajstić information content (AvgIpc) is 2.55. The summed E-state index contributed by atoms with van der Waals surface area (Å²) in [4.78, 5) is 14.9. The van der Waals surface area contributed by atoms with E-state index in [1.54, 1.807) is 0 Å². The van der Waals surface area contributed by atoms with Gasteiger partial charge in [0.15, 0.2) is 0 Å². The third-order valence-electron chi connectivity index (χ3n) is 5.19. The number of rotatable bonds is 4. The molecule has 0 radical (unpaired) electrons. The van der Waals surface area contributed by atoms with Crippen LogP contribution in [0.2, 0.25) is 0 Å². The Balaban J connectivity index is 1.87. The topological polar surface area (TPSA) is 29.5 Å². The predicted molar refractivity (Wildman–Crippen MR) is 82.9 cm³/mol. The van der Waals surface area contributed by atoms with E-state index in [4.69, 9.17) is 4.74 Å². The zero-order valence-electron chi connectivity index (χ0n) is 13.0. The van der Waals surface area contributed by atoms with Crippen LogP contribution in [0.1, 0.15) is 51.1 Å². The minimum Gasteiger partial charge on any atom is -0.465 e. The minimum absolute atomic E-state index is 0.0188. The van der Waals surface area contributed by atoms with Crippen LogP contribution in [0.5, 0.6) is 0 Å². The molecule has 2 aliphatic heterocycles.